The summed E-state index contributed by atoms with van der Waals surface area (Å²) in [7, 11) is -3.64. The number of hydrogen-bond donors (Lipinski definition) is 0. The lowest BCUT2D eigenvalue weighted by molar-refractivity contribution is -0.118. The molecule has 0 saturated carbocycles. The van der Waals surface area contributed by atoms with Crippen molar-refractivity contribution in [1.82, 2.24) is 4.98 Å². The smallest absolute Gasteiger partial charge is 0.230 e. The van der Waals surface area contributed by atoms with Gasteiger partial charge in [-0.15, -0.1) is 0 Å². The highest BCUT2D eigenvalue weighted by Gasteiger charge is 2.24. The lowest BCUT2D eigenvalue weighted by Gasteiger charge is -2.18. The highest BCUT2D eigenvalue weighted by Crippen LogP contribution is 2.32. The summed E-state index contributed by atoms with van der Waals surface area (Å²) in [6.45, 7) is 0.139. The van der Waals surface area contributed by atoms with Crippen LogP contribution in [0.2, 0.25) is 10.0 Å². The number of carbonyl (C=O) groups is 1. The van der Waals surface area contributed by atoms with Crippen molar-refractivity contribution >= 4 is 65.6 Å². The maximum atomic E-state index is 13.1. The summed E-state index contributed by atoms with van der Waals surface area (Å²) < 4.78 is 31.5. The van der Waals surface area contributed by atoms with Gasteiger partial charge in [0, 0.05) is 16.5 Å². The summed E-state index contributed by atoms with van der Waals surface area (Å²) in [5.41, 5.74) is 0.704. The molecule has 0 unspecified atom stereocenters. The Morgan fingerprint density at radius 3 is 2.52 bits per heavy atom. The van der Waals surface area contributed by atoms with Crippen LogP contribution in [0.15, 0.2) is 70.2 Å². The number of halogens is 2. The van der Waals surface area contributed by atoms with E-state index < -0.39 is 9.84 Å². The van der Waals surface area contributed by atoms with E-state index in [1.807, 2.05) is 0 Å². The molecule has 4 rings (SSSR count). The molecular formula is C21H16Cl2N2O4S2. The zero-order valence-electron chi connectivity index (χ0n) is 16.0. The largest absolute Gasteiger partial charge is 0.467 e. The van der Waals surface area contributed by atoms with E-state index in [1.54, 1.807) is 30.3 Å². The van der Waals surface area contributed by atoms with Gasteiger partial charge < -0.3 is 4.42 Å². The summed E-state index contributed by atoms with van der Waals surface area (Å²) in [5.74, 6) is -0.149. The minimum Gasteiger partial charge on any atom is -0.467 e. The first-order valence-electron chi connectivity index (χ1n) is 9.19. The molecule has 0 aliphatic heterocycles. The number of sulfone groups is 1. The average Bonchev–Trinajstić information content (AvgIpc) is 3.39. The first kappa shape index (κ1) is 21.8. The van der Waals surface area contributed by atoms with Crippen molar-refractivity contribution in [2.24, 2.45) is 0 Å². The predicted molar refractivity (Wildman–Crippen MR) is 123 cm³/mol. The SMILES string of the molecule is O=C(CCS(=O)(=O)c1ccc(Cl)cc1)N(Cc1ccco1)c1nc2ccc(Cl)cc2s1. The van der Waals surface area contributed by atoms with Gasteiger partial charge in [-0.05, 0) is 54.6 Å². The number of nitrogens with zero attached hydrogens (tertiary/aromatic N) is 2. The molecule has 0 aliphatic carbocycles. The topological polar surface area (TPSA) is 80.5 Å². The van der Waals surface area contributed by atoms with Crippen LogP contribution < -0.4 is 4.90 Å². The van der Waals surface area contributed by atoms with Gasteiger partial charge in [0.25, 0.3) is 0 Å². The van der Waals surface area contributed by atoms with Crippen molar-refractivity contribution in [1.29, 1.82) is 0 Å². The van der Waals surface area contributed by atoms with E-state index in [4.69, 9.17) is 27.6 Å². The van der Waals surface area contributed by atoms with Crippen LogP contribution in [0.5, 0.6) is 0 Å². The molecule has 2 heterocycles. The van der Waals surface area contributed by atoms with Crippen LogP contribution in [0, 0.1) is 0 Å². The molecular weight excluding hydrogens is 479 g/mol. The molecule has 0 bridgehead atoms. The van der Waals surface area contributed by atoms with Crippen molar-refractivity contribution < 1.29 is 17.6 Å². The quantitative estimate of drug-likeness (QED) is 0.334. The Morgan fingerprint density at radius 2 is 1.81 bits per heavy atom. The van der Waals surface area contributed by atoms with Gasteiger partial charge in [0.05, 0.1) is 33.7 Å². The van der Waals surface area contributed by atoms with Gasteiger partial charge in [-0.3, -0.25) is 9.69 Å². The lowest BCUT2D eigenvalue weighted by atomic mass is 10.3. The van der Waals surface area contributed by atoms with Crippen LogP contribution in [0.4, 0.5) is 5.13 Å². The Kier molecular flexibility index (Phi) is 6.34. The second kappa shape index (κ2) is 9.00. The Hall–Kier alpha value is -2.39. The molecule has 1 amide bonds. The van der Waals surface area contributed by atoms with E-state index in [-0.39, 0.29) is 29.5 Å². The highest BCUT2D eigenvalue weighted by molar-refractivity contribution is 7.91. The third-order valence-electron chi connectivity index (χ3n) is 4.52. The Balaban J connectivity index is 1.58. The normalized spacial score (nSPS) is 11.7. The van der Waals surface area contributed by atoms with E-state index in [0.717, 1.165) is 4.70 Å². The molecule has 0 aliphatic rings. The first-order chi connectivity index (χ1) is 14.8. The Labute approximate surface area is 192 Å². The van der Waals surface area contributed by atoms with Crippen molar-refractivity contribution in [3.05, 3.63) is 76.7 Å². The minimum atomic E-state index is -3.64. The van der Waals surface area contributed by atoms with Crippen LogP contribution in [0.25, 0.3) is 10.2 Å². The molecule has 0 radical (unpaired) electrons. The van der Waals surface area contributed by atoms with Crippen molar-refractivity contribution in [3.8, 4) is 0 Å². The van der Waals surface area contributed by atoms with Gasteiger partial charge in [0.2, 0.25) is 5.91 Å². The molecule has 0 saturated heterocycles. The molecule has 4 aromatic rings. The first-order valence-corrected chi connectivity index (χ1v) is 12.4. The maximum Gasteiger partial charge on any atom is 0.230 e. The summed E-state index contributed by atoms with van der Waals surface area (Å²) in [6.07, 6.45) is 1.31. The van der Waals surface area contributed by atoms with Crippen LogP contribution in [0.1, 0.15) is 12.2 Å². The maximum absolute atomic E-state index is 13.1. The number of amides is 1. The second-order valence-electron chi connectivity index (χ2n) is 6.69. The summed E-state index contributed by atoms with van der Waals surface area (Å²) >= 11 is 13.2. The third-order valence-corrected chi connectivity index (χ3v) is 7.78. The molecule has 0 fully saturated rings. The number of furan rings is 1. The number of aromatic nitrogens is 1. The molecule has 2 aromatic heterocycles. The molecule has 10 heteroatoms. The van der Waals surface area contributed by atoms with Crippen molar-refractivity contribution in [3.63, 3.8) is 0 Å². The molecule has 6 nitrogen and oxygen atoms in total. The van der Waals surface area contributed by atoms with Gasteiger partial charge in [0.1, 0.15) is 5.76 Å². The van der Waals surface area contributed by atoms with E-state index in [9.17, 15) is 13.2 Å². The average molecular weight is 495 g/mol. The van der Waals surface area contributed by atoms with Gasteiger partial charge in [-0.1, -0.05) is 34.5 Å². The number of carbonyl (C=O) groups excluding carboxylic acids is 1. The minimum absolute atomic E-state index is 0.122. The molecule has 160 valence electrons. The van der Waals surface area contributed by atoms with Crippen molar-refractivity contribution in [2.45, 2.75) is 17.9 Å². The Morgan fingerprint density at radius 1 is 1.06 bits per heavy atom. The zero-order valence-corrected chi connectivity index (χ0v) is 19.1. The molecule has 0 N–H and O–H groups in total. The predicted octanol–water partition coefficient (Wildman–Crippen LogP) is 5.59. The monoisotopic (exact) mass is 494 g/mol. The fourth-order valence-electron chi connectivity index (χ4n) is 2.94. The number of hydrogen-bond acceptors (Lipinski definition) is 6. The second-order valence-corrected chi connectivity index (χ2v) is 10.7. The highest BCUT2D eigenvalue weighted by atomic mass is 35.5. The fraction of sp³-hybridized carbons (Fsp3) is 0.143. The van der Waals surface area contributed by atoms with Crippen LogP contribution >= 0.6 is 34.5 Å². The summed E-state index contributed by atoms with van der Waals surface area (Å²) in [6, 6.07) is 14.6. The van der Waals surface area contributed by atoms with E-state index in [2.05, 4.69) is 4.98 Å². The van der Waals surface area contributed by atoms with Crippen LogP contribution in [-0.2, 0) is 21.2 Å². The molecule has 31 heavy (non-hydrogen) atoms. The van der Waals surface area contributed by atoms with E-state index >= 15 is 0 Å². The number of thiazole rings is 1. The van der Waals surface area contributed by atoms with Crippen LogP contribution in [-0.4, -0.2) is 25.1 Å². The van der Waals surface area contributed by atoms with Gasteiger partial charge in [-0.2, -0.15) is 0 Å². The summed E-state index contributed by atoms with van der Waals surface area (Å²) in [4.78, 5) is 19.2. The zero-order chi connectivity index (χ0) is 22.0. The number of fused-ring (bicyclic) bond motifs is 1. The van der Waals surface area contributed by atoms with Crippen molar-refractivity contribution in [2.75, 3.05) is 10.7 Å². The third kappa shape index (κ3) is 5.10. The molecule has 0 atom stereocenters. The van der Waals surface area contributed by atoms with E-state index in [0.29, 0.717) is 26.5 Å². The summed E-state index contributed by atoms with van der Waals surface area (Å²) in [5, 5.41) is 1.46. The number of rotatable bonds is 7. The lowest BCUT2D eigenvalue weighted by Crippen LogP contribution is -2.31. The molecule has 0 spiro atoms. The molecule has 2 aromatic carbocycles. The van der Waals surface area contributed by atoms with Crippen LogP contribution in [0.3, 0.4) is 0 Å². The number of anilines is 1. The van der Waals surface area contributed by atoms with Gasteiger partial charge in [0.15, 0.2) is 15.0 Å². The van der Waals surface area contributed by atoms with Gasteiger partial charge >= 0.3 is 0 Å². The number of benzene rings is 2. The van der Waals surface area contributed by atoms with E-state index in [1.165, 1.54) is 46.8 Å². The Bertz CT molecular complexity index is 1320. The standard InChI is InChI=1S/C21H16Cl2N2O4S2/c22-14-3-6-17(7-4-14)31(27,28)11-9-20(26)25(13-16-2-1-10-29-16)21-24-18-8-5-15(23)12-19(18)30-21/h1-8,10,12H,9,11,13H2. The van der Waals surface area contributed by atoms with Gasteiger partial charge in [-0.25, -0.2) is 13.4 Å². The fourth-order valence-corrected chi connectivity index (χ4v) is 5.55.